The fourth-order valence-electron chi connectivity index (χ4n) is 4.75. The molecular formula is C19H22N2O7S. The molecule has 2 bridgehead atoms. The van der Waals surface area contributed by atoms with Crippen LogP contribution in [0.2, 0.25) is 0 Å². The van der Waals surface area contributed by atoms with Gasteiger partial charge in [0.25, 0.3) is 5.69 Å². The molecule has 3 aliphatic rings. The smallest absolute Gasteiger partial charge is 0.312 e. The molecule has 0 saturated carbocycles. The topological polar surface area (TPSA) is 116 Å². The second kappa shape index (κ2) is 6.89. The molecule has 0 radical (unpaired) electrons. The fraction of sp³-hybridized carbons (Fsp3) is 0.526. The van der Waals surface area contributed by atoms with Crippen molar-refractivity contribution >= 4 is 21.7 Å². The highest BCUT2D eigenvalue weighted by molar-refractivity contribution is 7.89. The maximum Gasteiger partial charge on any atom is 0.312 e. The normalized spacial score (nSPS) is 33.4. The molecule has 156 valence electrons. The minimum Gasteiger partial charge on any atom is -0.466 e. The quantitative estimate of drug-likeness (QED) is 0.308. The van der Waals surface area contributed by atoms with Crippen LogP contribution in [0.15, 0.2) is 41.3 Å². The van der Waals surface area contributed by atoms with Crippen molar-refractivity contribution in [3.05, 3.63) is 46.5 Å². The number of esters is 1. The van der Waals surface area contributed by atoms with Crippen LogP contribution in [0, 0.1) is 22.0 Å². The van der Waals surface area contributed by atoms with Gasteiger partial charge < -0.3 is 9.47 Å². The number of hydrogen-bond acceptors (Lipinski definition) is 7. The van der Waals surface area contributed by atoms with E-state index < -0.39 is 32.6 Å². The zero-order valence-corrected chi connectivity index (χ0v) is 16.9. The first-order valence-corrected chi connectivity index (χ1v) is 10.9. The third kappa shape index (κ3) is 3.06. The van der Waals surface area contributed by atoms with E-state index in [1.165, 1.54) is 28.6 Å². The molecule has 0 aromatic heterocycles. The molecule has 0 N–H and O–H groups in total. The van der Waals surface area contributed by atoms with Gasteiger partial charge in [-0.25, -0.2) is 8.42 Å². The number of sulfonamides is 1. The van der Waals surface area contributed by atoms with E-state index in [1.807, 2.05) is 12.2 Å². The van der Waals surface area contributed by atoms with Crippen LogP contribution < -0.4 is 0 Å². The van der Waals surface area contributed by atoms with E-state index in [0.29, 0.717) is 6.42 Å². The van der Waals surface area contributed by atoms with Gasteiger partial charge in [-0.15, -0.1) is 0 Å². The van der Waals surface area contributed by atoms with Crippen LogP contribution in [0.25, 0.3) is 0 Å². The summed E-state index contributed by atoms with van der Waals surface area (Å²) in [5, 5.41) is 10.8. The van der Waals surface area contributed by atoms with E-state index in [9.17, 15) is 23.3 Å². The van der Waals surface area contributed by atoms with Crippen LogP contribution in [0.3, 0.4) is 0 Å². The van der Waals surface area contributed by atoms with Crippen molar-refractivity contribution in [3.8, 4) is 0 Å². The summed E-state index contributed by atoms with van der Waals surface area (Å²) in [6, 6.07) is 4.47. The summed E-state index contributed by atoms with van der Waals surface area (Å²) in [5.41, 5.74) is -0.841. The van der Waals surface area contributed by atoms with Gasteiger partial charge >= 0.3 is 5.97 Å². The van der Waals surface area contributed by atoms with Crippen LogP contribution >= 0.6 is 0 Å². The Morgan fingerprint density at radius 2 is 2.07 bits per heavy atom. The first kappa shape index (κ1) is 20.0. The number of non-ortho nitro benzene ring substituents is 1. The van der Waals surface area contributed by atoms with Crippen LogP contribution in [0.5, 0.6) is 0 Å². The number of hydrogen-bond donors (Lipinski definition) is 0. The van der Waals surface area contributed by atoms with Crippen molar-refractivity contribution in [2.45, 2.75) is 42.9 Å². The third-order valence-corrected chi connectivity index (χ3v) is 8.03. The molecule has 9 nitrogen and oxygen atoms in total. The largest absolute Gasteiger partial charge is 0.466 e. The van der Waals surface area contributed by atoms with E-state index in [-0.39, 0.29) is 41.7 Å². The van der Waals surface area contributed by atoms with E-state index in [0.717, 1.165) is 0 Å². The van der Waals surface area contributed by atoms with Gasteiger partial charge in [0.2, 0.25) is 10.0 Å². The molecule has 3 aliphatic heterocycles. The summed E-state index contributed by atoms with van der Waals surface area (Å²) < 4.78 is 39.2. The van der Waals surface area contributed by atoms with Crippen LogP contribution in [-0.2, 0) is 24.3 Å². The van der Waals surface area contributed by atoms with Gasteiger partial charge in [-0.1, -0.05) is 12.2 Å². The first-order chi connectivity index (χ1) is 13.7. The summed E-state index contributed by atoms with van der Waals surface area (Å²) in [6.45, 7) is 3.89. The molecule has 1 spiro atoms. The van der Waals surface area contributed by atoms with Crippen LogP contribution in [0.1, 0.15) is 20.3 Å². The van der Waals surface area contributed by atoms with Crippen LogP contribution in [0.4, 0.5) is 5.69 Å². The van der Waals surface area contributed by atoms with Gasteiger partial charge in [0, 0.05) is 30.6 Å². The number of fused-ring (bicyclic) bond motifs is 1. The predicted octanol–water partition coefficient (Wildman–Crippen LogP) is 1.88. The summed E-state index contributed by atoms with van der Waals surface area (Å²) in [7, 11) is -3.89. The van der Waals surface area contributed by atoms with Gasteiger partial charge in [0.15, 0.2) is 0 Å². The second-order valence-electron chi connectivity index (χ2n) is 7.66. The Labute approximate surface area is 168 Å². The lowest BCUT2D eigenvalue weighted by atomic mass is 9.71. The number of piperidine rings is 1. The highest BCUT2D eigenvalue weighted by Crippen LogP contribution is 2.53. The molecule has 0 amide bonds. The Hall–Kier alpha value is -2.30. The lowest BCUT2D eigenvalue weighted by Gasteiger charge is -2.45. The van der Waals surface area contributed by atoms with E-state index >= 15 is 0 Å². The first-order valence-electron chi connectivity index (χ1n) is 9.50. The maximum absolute atomic E-state index is 13.3. The molecule has 0 unspecified atom stereocenters. The Balaban J connectivity index is 1.65. The Morgan fingerprint density at radius 3 is 2.69 bits per heavy atom. The lowest BCUT2D eigenvalue weighted by molar-refractivity contribution is -0.384. The van der Waals surface area contributed by atoms with Gasteiger partial charge in [-0.2, -0.15) is 4.31 Å². The molecular weight excluding hydrogens is 400 g/mol. The highest BCUT2D eigenvalue weighted by atomic mass is 32.2. The Morgan fingerprint density at radius 1 is 1.38 bits per heavy atom. The lowest BCUT2D eigenvalue weighted by Crippen LogP contribution is -2.57. The summed E-state index contributed by atoms with van der Waals surface area (Å²) >= 11 is 0. The van der Waals surface area contributed by atoms with Gasteiger partial charge in [-0.3, -0.25) is 14.9 Å². The van der Waals surface area contributed by atoms with Gasteiger partial charge in [0.1, 0.15) is 0 Å². The molecule has 2 fully saturated rings. The third-order valence-electron chi connectivity index (χ3n) is 6.03. The van der Waals surface area contributed by atoms with Gasteiger partial charge in [-0.05, 0) is 32.4 Å². The molecule has 1 aromatic carbocycles. The number of carbonyl (C=O) groups is 1. The molecule has 4 rings (SSSR count). The standard InChI is InChI=1S/C19H22N2O7S/c1-3-27-18(22)17-15-11-20(12(2)10-19(15)9-8-16(17)28-19)29(25,26)14-6-4-13(5-7-14)21(23)24/h4-9,12,15-17H,3,10-11H2,1-2H3/t12-,15-,16-,17-,19-/m0/s1. The van der Waals surface area contributed by atoms with Crippen molar-refractivity contribution in [2.24, 2.45) is 11.8 Å². The average Bonchev–Trinajstić information content (AvgIpc) is 3.21. The molecule has 3 heterocycles. The Kier molecular flexibility index (Phi) is 4.75. The molecule has 2 saturated heterocycles. The van der Waals surface area contributed by atoms with Crippen molar-refractivity contribution in [1.29, 1.82) is 0 Å². The monoisotopic (exact) mass is 422 g/mol. The average molecular weight is 422 g/mol. The van der Waals surface area contributed by atoms with Gasteiger partial charge in [0.05, 0.1) is 34.0 Å². The summed E-state index contributed by atoms with van der Waals surface area (Å²) in [5.74, 6) is -1.28. The number of nitrogens with zero attached hydrogens (tertiary/aromatic N) is 2. The minimum absolute atomic E-state index is 0.0156. The van der Waals surface area contributed by atoms with Crippen LogP contribution in [-0.4, -0.2) is 54.5 Å². The Bertz CT molecular complexity index is 975. The molecule has 1 aromatic rings. The number of nitro groups is 1. The van der Waals surface area contributed by atoms with Crippen molar-refractivity contribution in [1.82, 2.24) is 4.31 Å². The number of carbonyl (C=O) groups excluding carboxylic acids is 1. The van der Waals surface area contributed by atoms with E-state index in [1.54, 1.807) is 13.8 Å². The zero-order valence-electron chi connectivity index (χ0n) is 16.1. The summed E-state index contributed by atoms with van der Waals surface area (Å²) in [6.07, 6.45) is 3.83. The molecule has 5 atom stereocenters. The molecule has 10 heteroatoms. The SMILES string of the molecule is CCOC(=O)[C@@H]1[C@@H]2C=C[C@@]3(C[C@H](C)N(S(=O)(=O)c4ccc([N+](=O)[O-])cc4)C[C@@H]13)O2. The minimum atomic E-state index is -3.89. The van der Waals surface area contributed by atoms with Crippen molar-refractivity contribution in [3.63, 3.8) is 0 Å². The highest BCUT2D eigenvalue weighted by Gasteiger charge is 2.63. The van der Waals surface area contributed by atoms with E-state index in [2.05, 4.69) is 0 Å². The van der Waals surface area contributed by atoms with Crippen molar-refractivity contribution < 1.29 is 27.6 Å². The number of nitro benzene ring substituents is 1. The van der Waals surface area contributed by atoms with E-state index in [4.69, 9.17) is 9.47 Å². The zero-order chi connectivity index (χ0) is 21.0. The number of benzene rings is 1. The second-order valence-corrected chi connectivity index (χ2v) is 9.55. The molecule has 29 heavy (non-hydrogen) atoms. The molecule has 0 aliphatic carbocycles. The number of ether oxygens (including phenoxy) is 2. The predicted molar refractivity (Wildman–Crippen MR) is 101 cm³/mol. The fourth-order valence-corrected chi connectivity index (χ4v) is 6.40. The van der Waals surface area contributed by atoms with Crippen molar-refractivity contribution in [2.75, 3.05) is 13.2 Å². The number of rotatable bonds is 5. The maximum atomic E-state index is 13.3. The summed E-state index contributed by atoms with van der Waals surface area (Å²) in [4.78, 5) is 22.8.